The fraction of sp³-hybridized carbons (Fsp3) is 0.156. The second-order valence-corrected chi connectivity index (χ2v) is 9.95. The van der Waals surface area contributed by atoms with Crippen molar-refractivity contribution in [1.29, 1.82) is 0 Å². The van der Waals surface area contributed by atoms with Gasteiger partial charge in [-0.15, -0.1) is 0 Å². The molecule has 0 spiro atoms. The summed E-state index contributed by atoms with van der Waals surface area (Å²) >= 11 is 0. The number of hydrogen-bond acceptors (Lipinski definition) is 3. The molecule has 0 aromatic heterocycles. The number of hydrogen-bond donors (Lipinski definition) is 2. The van der Waals surface area contributed by atoms with Crippen LogP contribution in [-0.2, 0) is 17.8 Å². The van der Waals surface area contributed by atoms with Gasteiger partial charge in [-0.3, -0.25) is 14.5 Å². The third-order valence-electron chi connectivity index (χ3n) is 7.45. The first-order valence-electron chi connectivity index (χ1n) is 13.1. The largest absolute Gasteiger partial charge is 0.334 e. The Morgan fingerprint density at radius 3 is 2.52 bits per heavy atom. The Labute approximate surface area is 231 Å². The van der Waals surface area contributed by atoms with Crippen LogP contribution in [0.2, 0.25) is 0 Å². The molecule has 2 aliphatic heterocycles. The van der Waals surface area contributed by atoms with Gasteiger partial charge >= 0.3 is 6.03 Å². The summed E-state index contributed by atoms with van der Waals surface area (Å²) in [5, 5.41) is 5.38. The van der Waals surface area contributed by atoms with Crippen LogP contribution in [0.5, 0.6) is 0 Å². The van der Waals surface area contributed by atoms with Gasteiger partial charge in [0.15, 0.2) is 0 Å². The summed E-state index contributed by atoms with van der Waals surface area (Å²) in [4.78, 5) is 41.8. The minimum atomic E-state index is -0.593. The summed E-state index contributed by atoms with van der Waals surface area (Å²) in [6.07, 6.45) is 0.748. The number of rotatable bonds is 3. The highest BCUT2D eigenvalue weighted by atomic mass is 19.1. The van der Waals surface area contributed by atoms with Crippen LogP contribution >= 0.6 is 0 Å². The number of benzene rings is 4. The summed E-state index contributed by atoms with van der Waals surface area (Å²) in [7, 11) is 0. The first-order valence-corrected chi connectivity index (χ1v) is 13.1. The minimum Gasteiger partial charge on any atom is -0.334 e. The van der Waals surface area contributed by atoms with Crippen molar-refractivity contribution >= 4 is 34.9 Å². The molecule has 2 aliphatic rings. The van der Waals surface area contributed by atoms with E-state index in [4.69, 9.17) is 0 Å². The van der Waals surface area contributed by atoms with E-state index in [1.807, 2.05) is 60.4 Å². The molecule has 0 saturated heterocycles. The molecule has 2 N–H and O–H groups in total. The van der Waals surface area contributed by atoms with Crippen molar-refractivity contribution in [3.8, 4) is 11.1 Å². The predicted octanol–water partition coefficient (Wildman–Crippen LogP) is 5.67. The third kappa shape index (κ3) is 4.58. The topological polar surface area (TPSA) is 81.8 Å². The zero-order chi connectivity index (χ0) is 27.8. The molecule has 0 saturated carbocycles. The molecule has 0 atom stereocenters. The van der Waals surface area contributed by atoms with Crippen molar-refractivity contribution in [3.05, 3.63) is 113 Å². The molecule has 40 heavy (non-hydrogen) atoms. The van der Waals surface area contributed by atoms with Crippen LogP contribution < -0.4 is 20.4 Å². The Balaban J connectivity index is 1.20. The summed E-state index contributed by atoms with van der Waals surface area (Å²) in [6, 6.07) is 25.3. The summed E-state index contributed by atoms with van der Waals surface area (Å²) in [5.41, 5.74) is 6.75. The van der Waals surface area contributed by atoms with E-state index in [-0.39, 0.29) is 30.4 Å². The van der Waals surface area contributed by atoms with Gasteiger partial charge in [-0.2, -0.15) is 0 Å². The van der Waals surface area contributed by atoms with Gasteiger partial charge in [-0.1, -0.05) is 54.6 Å². The first-order chi connectivity index (χ1) is 19.4. The molecule has 2 heterocycles. The number of anilines is 3. The van der Waals surface area contributed by atoms with E-state index < -0.39 is 17.8 Å². The number of carbonyl (C=O) groups is 3. The number of nitrogens with one attached hydrogen (secondary N) is 2. The van der Waals surface area contributed by atoms with Gasteiger partial charge in [0.2, 0.25) is 5.91 Å². The normalized spacial score (nSPS) is 13.9. The van der Waals surface area contributed by atoms with Crippen molar-refractivity contribution in [1.82, 2.24) is 5.32 Å². The average molecular weight is 535 g/mol. The second kappa shape index (κ2) is 10.3. The Morgan fingerprint density at radius 2 is 1.70 bits per heavy atom. The van der Waals surface area contributed by atoms with Crippen molar-refractivity contribution in [2.24, 2.45) is 0 Å². The van der Waals surface area contributed by atoms with Gasteiger partial charge in [-0.05, 0) is 65.9 Å². The van der Waals surface area contributed by atoms with Gasteiger partial charge in [0.1, 0.15) is 18.0 Å². The highest BCUT2D eigenvalue weighted by Crippen LogP contribution is 2.37. The summed E-state index contributed by atoms with van der Waals surface area (Å²) in [6.45, 7) is 2.31. The first kappa shape index (κ1) is 25.3. The highest BCUT2D eigenvalue weighted by molar-refractivity contribution is 6.10. The van der Waals surface area contributed by atoms with Crippen LogP contribution in [0, 0.1) is 12.7 Å². The third-order valence-corrected chi connectivity index (χ3v) is 7.45. The van der Waals surface area contributed by atoms with E-state index in [9.17, 15) is 18.8 Å². The molecule has 0 bridgehead atoms. The van der Waals surface area contributed by atoms with E-state index in [0.29, 0.717) is 12.1 Å². The maximum absolute atomic E-state index is 14.5. The van der Waals surface area contributed by atoms with E-state index in [1.54, 1.807) is 12.1 Å². The Bertz CT molecular complexity index is 1670. The molecular weight excluding hydrogens is 507 g/mol. The number of para-hydroxylation sites is 2. The van der Waals surface area contributed by atoms with Crippen LogP contribution in [0.25, 0.3) is 11.1 Å². The number of aryl methyl sites for hydroxylation is 1. The molecule has 4 amide bonds. The molecule has 0 unspecified atom stereocenters. The number of fused-ring (bicyclic) bond motifs is 4. The van der Waals surface area contributed by atoms with Crippen LogP contribution in [0.3, 0.4) is 0 Å². The average Bonchev–Trinajstić information content (AvgIpc) is 3.13. The van der Waals surface area contributed by atoms with Crippen LogP contribution in [0.4, 0.5) is 26.2 Å². The SMILES string of the molecule is Cc1cc(C(=O)N2CCc3ccccc3-c3ccccc32)ccc1CNC(=O)N1CC(=O)Nc2cccc(F)c21. The molecule has 4 aromatic rings. The lowest BCUT2D eigenvalue weighted by Gasteiger charge is -2.29. The van der Waals surface area contributed by atoms with Crippen molar-refractivity contribution < 1.29 is 18.8 Å². The van der Waals surface area contributed by atoms with E-state index >= 15 is 0 Å². The number of halogens is 1. The molecule has 0 radical (unpaired) electrons. The van der Waals surface area contributed by atoms with Crippen LogP contribution in [0.1, 0.15) is 27.0 Å². The molecule has 4 aromatic carbocycles. The van der Waals surface area contributed by atoms with Crippen LogP contribution in [0.15, 0.2) is 84.9 Å². The molecule has 6 rings (SSSR count). The highest BCUT2D eigenvalue weighted by Gasteiger charge is 2.30. The maximum atomic E-state index is 14.5. The molecule has 200 valence electrons. The minimum absolute atomic E-state index is 0.0390. The van der Waals surface area contributed by atoms with Crippen molar-refractivity contribution in [2.75, 3.05) is 28.2 Å². The molecule has 8 heteroatoms. The zero-order valence-corrected chi connectivity index (χ0v) is 21.9. The van der Waals surface area contributed by atoms with Crippen LogP contribution in [-0.4, -0.2) is 30.9 Å². The summed E-state index contributed by atoms with van der Waals surface area (Å²) in [5.74, 6) is -1.08. The summed E-state index contributed by atoms with van der Waals surface area (Å²) < 4.78 is 14.5. The Kier molecular flexibility index (Phi) is 6.51. The number of urea groups is 1. The Hall–Kier alpha value is -4.98. The van der Waals surface area contributed by atoms with E-state index in [2.05, 4.69) is 22.8 Å². The van der Waals surface area contributed by atoms with Crippen molar-refractivity contribution in [3.63, 3.8) is 0 Å². The quantitative estimate of drug-likeness (QED) is 0.355. The number of carbonyl (C=O) groups excluding carboxylic acids is 3. The maximum Gasteiger partial charge on any atom is 0.322 e. The van der Waals surface area contributed by atoms with Gasteiger partial charge in [-0.25, -0.2) is 9.18 Å². The lowest BCUT2D eigenvalue weighted by molar-refractivity contribution is -0.115. The van der Waals surface area contributed by atoms with Gasteiger partial charge < -0.3 is 15.5 Å². The van der Waals surface area contributed by atoms with Gasteiger partial charge in [0.25, 0.3) is 5.91 Å². The lowest BCUT2D eigenvalue weighted by Crippen LogP contribution is -2.47. The van der Waals surface area contributed by atoms with E-state index in [0.717, 1.165) is 39.3 Å². The zero-order valence-electron chi connectivity index (χ0n) is 21.9. The lowest BCUT2D eigenvalue weighted by atomic mass is 9.98. The van der Waals surface area contributed by atoms with Crippen molar-refractivity contribution in [2.45, 2.75) is 19.9 Å². The number of amides is 4. The van der Waals surface area contributed by atoms with Gasteiger partial charge in [0, 0.05) is 24.2 Å². The Morgan fingerprint density at radius 1 is 0.925 bits per heavy atom. The monoisotopic (exact) mass is 534 g/mol. The fourth-order valence-corrected chi connectivity index (χ4v) is 5.43. The second-order valence-electron chi connectivity index (χ2n) is 9.95. The fourth-order valence-electron chi connectivity index (χ4n) is 5.43. The molecular formula is C32H27FN4O3. The standard InChI is InChI=1S/C32H27FN4O3/c1-20-17-22(31(39)36-16-15-21-7-2-3-8-24(21)25-9-4-5-12-28(25)36)13-14-23(20)18-34-32(40)37-19-29(38)35-27-11-6-10-26(33)30(27)37/h2-14,17H,15-16,18-19H2,1H3,(H,34,40)(H,35,38). The smallest absolute Gasteiger partial charge is 0.322 e. The van der Waals surface area contributed by atoms with Gasteiger partial charge in [0.05, 0.1) is 11.4 Å². The molecule has 0 fully saturated rings. The molecule has 0 aliphatic carbocycles. The van der Waals surface area contributed by atoms with E-state index in [1.165, 1.54) is 17.7 Å². The molecule has 7 nitrogen and oxygen atoms in total. The number of nitrogens with zero attached hydrogens (tertiary/aromatic N) is 2. The predicted molar refractivity (Wildman–Crippen MR) is 153 cm³/mol.